The summed E-state index contributed by atoms with van der Waals surface area (Å²) in [4.78, 5) is 10.6. The molecule has 0 aliphatic heterocycles. The Hall–Kier alpha value is -3.63. The molecule has 0 aliphatic carbocycles. The number of hydrogen-bond donors (Lipinski definition) is 0. The van der Waals surface area contributed by atoms with Crippen LogP contribution in [0.15, 0.2) is 71.2 Å². The molecule has 7 heteroatoms. The van der Waals surface area contributed by atoms with Crippen molar-refractivity contribution in [2.24, 2.45) is 0 Å². The Labute approximate surface area is 188 Å². The number of ether oxygens (including phenoxy) is 2. The summed E-state index contributed by atoms with van der Waals surface area (Å²) in [5, 5.41) is 20.7. The first-order chi connectivity index (χ1) is 15.0. The molecule has 0 saturated heterocycles. The fourth-order valence-corrected chi connectivity index (χ4v) is 3.34. The highest BCUT2D eigenvalue weighted by Gasteiger charge is 2.13. The van der Waals surface area contributed by atoms with E-state index in [4.69, 9.17) is 9.47 Å². The minimum Gasteiger partial charge on any atom is -0.490 e. The number of benzene rings is 3. The number of nitrogens with zero attached hydrogens (tertiary/aromatic N) is 2. The molecule has 0 fully saturated rings. The molecule has 0 amide bonds. The minimum atomic E-state index is -0.486. The Kier molecular flexibility index (Phi) is 7.41. The lowest BCUT2D eigenvalue weighted by Gasteiger charge is -2.14. The molecule has 3 aromatic rings. The van der Waals surface area contributed by atoms with E-state index in [1.54, 1.807) is 30.3 Å². The van der Waals surface area contributed by atoms with Crippen LogP contribution < -0.4 is 9.47 Å². The second-order valence-corrected chi connectivity index (χ2v) is 7.36. The van der Waals surface area contributed by atoms with E-state index in [0.29, 0.717) is 45.9 Å². The van der Waals surface area contributed by atoms with Crippen LogP contribution in [0.5, 0.6) is 11.5 Å². The van der Waals surface area contributed by atoms with Crippen molar-refractivity contribution in [2.45, 2.75) is 13.5 Å². The molecular formula is C24H19BrN2O4. The first-order valence-electron chi connectivity index (χ1n) is 9.51. The zero-order valence-electron chi connectivity index (χ0n) is 16.7. The van der Waals surface area contributed by atoms with Crippen LogP contribution in [-0.4, -0.2) is 11.5 Å². The standard InChI is InChI=1S/C24H19BrN2O4/c1-2-30-23-13-19(11-20(15-26)18-9-6-10-21(12-18)27(28)29)22(25)14-24(23)31-16-17-7-4-3-5-8-17/h3-14H,2,16H2,1H3/b20-11-. The van der Waals surface area contributed by atoms with Gasteiger partial charge in [0.25, 0.3) is 5.69 Å². The van der Waals surface area contributed by atoms with E-state index >= 15 is 0 Å². The monoisotopic (exact) mass is 478 g/mol. The van der Waals surface area contributed by atoms with Crippen molar-refractivity contribution in [3.63, 3.8) is 0 Å². The number of nitro benzene ring substituents is 1. The zero-order chi connectivity index (χ0) is 22.2. The first kappa shape index (κ1) is 22.1. The van der Waals surface area contributed by atoms with E-state index in [9.17, 15) is 15.4 Å². The molecular weight excluding hydrogens is 460 g/mol. The molecule has 0 unspecified atom stereocenters. The lowest BCUT2D eigenvalue weighted by atomic mass is 10.0. The fraction of sp³-hybridized carbons (Fsp3) is 0.125. The van der Waals surface area contributed by atoms with E-state index in [1.165, 1.54) is 12.1 Å². The molecule has 0 spiro atoms. The van der Waals surface area contributed by atoms with Gasteiger partial charge in [-0.3, -0.25) is 10.1 Å². The average Bonchev–Trinajstić information content (AvgIpc) is 2.79. The molecule has 0 radical (unpaired) electrons. The normalized spacial score (nSPS) is 10.9. The third-order valence-corrected chi connectivity index (χ3v) is 5.08. The summed E-state index contributed by atoms with van der Waals surface area (Å²) in [7, 11) is 0. The van der Waals surface area contributed by atoms with Crippen molar-refractivity contribution in [1.29, 1.82) is 5.26 Å². The van der Waals surface area contributed by atoms with Crippen molar-refractivity contribution < 1.29 is 14.4 Å². The molecule has 3 rings (SSSR count). The molecule has 0 aromatic heterocycles. The summed E-state index contributed by atoms with van der Waals surface area (Å²) >= 11 is 3.53. The van der Waals surface area contributed by atoms with Crippen LogP contribution in [0.2, 0.25) is 0 Å². The Balaban J connectivity index is 1.95. The van der Waals surface area contributed by atoms with Crippen LogP contribution in [-0.2, 0) is 6.61 Å². The van der Waals surface area contributed by atoms with Crippen molar-refractivity contribution >= 4 is 33.3 Å². The van der Waals surface area contributed by atoms with Gasteiger partial charge in [-0.2, -0.15) is 5.26 Å². The molecule has 3 aromatic carbocycles. The maximum absolute atomic E-state index is 11.1. The topological polar surface area (TPSA) is 85.4 Å². The molecule has 0 N–H and O–H groups in total. The average molecular weight is 479 g/mol. The smallest absolute Gasteiger partial charge is 0.270 e. The van der Waals surface area contributed by atoms with E-state index < -0.39 is 4.92 Å². The van der Waals surface area contributed by atoms with Crippen LogP contribution in [0.3, 0.4) is 0 Å². The maximum Gasteiger partial charge on any atom is 0.270 e. The molecule has 156 valence electrons. The molecule has 0 aliphatic rings. The van der Waals surface area contributed by atoms with E-state index in [-0.39, 0.29) is 5.69 Å². The highest BCUT2D eigenvalue weighted by molar-refractivity contribution is 9.10. The van der Waals surface area contributed by atoms with Crippen molar-refractivity contribution in [2.75, 3.05) is 6.61 Å². The van der Waals surface area contributed by atoms with Crippen molar-refractivity contribution in [3.05, 3.63) is 98.0 Å². The van der Waals surface area contributed by atoms with Gasteiger partial charge in [-0.25, -0.2) is 0 Å². The maximum atomic E-state index is 11.1. The number of allylic oxidation sites excluding steroid dienone is 1. The summed E-state index contributed by atoms with van der Waals surface area (Å²) < 4.78 is 12.4. The largest absolute Gasteiger partial charge is 0.490 e. The summed E-state index contributed by atoms with van der Waals surface area (Å²) in [5.41, 5.74) is 2.41. The van der Waals surface area contributed by atoms with Gasteiger partial charge in [0.1, 0.15) is 6.61 Å². The number of non-ortho nitro benzene ring substituents is 1. The number of rotatable bonds is 8. The van der Waals surface area contributed by atoms with Crippen molar-refractivity contribution in [1.82, 2.24) is 0 Å². The minimum absolute atomic E-state index is 0.0719. The SMILES string of the molecule is CCOc1cc(/C=C(/C#N)c2cccc([N+](=O)[O-])c2)c(Br)cc1OCc1ccccc1. The zero-order valence-corrected chi connectivity index (χ0v) is 18.3. The lowest BCUT2D eigenvalue weighted by molar-refractivity contribution is -0.384. The van der Waals surface area contributed by atoms with Gasteiger partial charge in [-0.1, -0.05) is 58.4 Å². The Morgan fingerprint density at radius 3 is 2.52 bits per heavy atom. The Morgan fingerprint density at radius 1 is 1.10 bits per heavy atom. The van der Waals surface area contributed by atoms with Crippen LogP contribution in [0, 0.1) is 21.4 Å². The predicted molar refractivity (Wildman–Crippen MR) is 123 cm³/mol. The summed E-state index contributed by atoms with van der Waals surface area (Å²) in [6.07, 6.45) is 1.66. The van der Waals surface area contributed by atoms with Crippen LogP contribution >= 0.6 is 15.9 Å². The van der Waals surface area contributed by atoms with Crippen LogP contribution in [0.25, 0.3) is 11.6 Å². The van der Waals surface area contributed by atoms with E-state index in [1.807, 2.05) is 37.3 Å². The van der Waals surface area contributed by atoms with Gasteiger partial charge in [0.05, 0.1) is 23.2 Å². The highest BCUT2D eigenvalue weighted by Crippen LogP contribution is 2.36. The summed E-state index contributed by atoms with van der Waals surface area (Å²) in [6, 6.07) is 21.5. The van der Waals surface area contributed by atoms with Crippen LogP contribution in [0.1, 0.15) is 23.6 Å². The second-order valence-electron chi connectivity index (χ2n) is 6.50. The lowest BCUT2D eigenvalue weighted by Crippen LogP contribution is -2.00. The molecule has 0 atom stereocenters. The number of hydrogen-bond acceptors (Lipinski definition) is 5. The molecule has 31 heavy (non-hydrogen) atoms. The molecule has 0 bridgehead atoms. The number of halogens is 1. The first-order valence-corrected chi connectivity index (χ1v) is 10.3. The molecule has 6 nitrogen and oxygen atoms in total. The summed E-state index contributed by atoms with van der Waals surface area (Å²) in [5.74, 6) is 1.12. The van der Waals surface area contributed by atoms with Gasteiger partial charge >= 0.3 is 0 Å². The Bertz CT molecular complexity index is 1150. The molecule has 0 saturated carbocycles. The van der Waals surface area contributed by atoms with Gasteiger partial charge in [0, 0.05) is 16.6 Å². The third kappa shape index (κ3) is 5.71. The van der Waals surface area contributed by atoms with Crippen molar-refractivity contribution in [3.8, 4) is 17.6 Å². The fourth-order valence-electron chi connectivity index (χ4n) is 2.90. The molecule has 0 heterocycles. The number of nitriles is 1. The van der Waals surface area contributed by atoms with Gasteiger partial charge in [-0.15, -0.1) is 0 Å². The van der Waals surface area contributed by atoms with Gasteiger partial charge in [0.15, 0.2) is 11.5 Å². The van der Waals surface area contributed by atoms with Gasteiger partial charge in [-0.05, 0) is 41.8 Å². The van der Waals surface area contributed by atoms with Gasteiger partial charge in [0.2, 0.25) is 0 Å². The van der Waals surface area contributed by atoms with E-state index in [2.05, 4.69) is 22.0 Å². The quantitative estimate of drug-likeness (QED) is 0.162. The second kappa shape index (κ2) is 10.4. The predicted octanol–water partition coefficient (Wildman–Crippen LogP) is 6.40. The van der Waals surface area contributed by atoms with Crippen LogP contribution in [0.4, 0.5) is 5.69 Å². The summed E-state index contributed by atoms with van der Waals surface area (Å²) in [6.45, 7) is 2.71. The Morgan fingerprint density at radius 2 is 1.84 bits per heavy atom. The van der Waals surface area contributed by atoms with E-state index in [0.717, 1.165) is 5.56 Å². The highest BCUT2D eigenvalue weighted by atomic mass is 79.9. The third-order valence-electron chi connectivity index (χ3n) is 4.39. The number of nitro groups is 1. The van der Waals surface area contributed by atoms with Gasteiger partial charge < -0.3 is 9.47 Å².